The summed E-state index contributed by atoms with van der Waals surface area (Å²) in [6, 6.07) is 8.30. The Morgan fingerprint density at radius 3 is 2.38 bits per heavy atom. The van der Waals surface area contributed by atoms with E-state index in [4.69, 9.17) is 4.74 Å². The molecule has 0 radical (unpaired) electrons. The highest BCUT2D eigenvalue weighted by Crippen LogP contribution is 2.24. The molecule has 1 amide bonds. The topological polar surface area (TPSA) is 41.6 Å². The van der Waals surface area contributed by atoms with E-state index in [1.165, 1.54) is 12.0 Å². The highest BCUT2D eigenvalue weighted by Gasteiger charge is 2.20. The number of ether oxygens (including phenoxy) is 1. The maximum Gasteiger partial charge on any atom is 0.258 e. The molecule has 0 atom stereocenters. The molecule has 1 aromatic carbocycles. The van der Waals surface area contributed by atoms with Gasteiger partial charge in [-0.25, -0.2) is 0 Å². The molecule has 0 bridgehead atoms. The second kappa shape index (κ2) is 8.52. The van der Waals surface area contributed by atoms with Crippen molar-refractivity contribution < 1.29 is 9.53 Å². The zero-order chi connectivity index (χ0) is 17.6. The number of hydrogen-bond acceptors (Lipinski definition) is 3. The van der Waals surface area contributed by atoms with Crippen LogP contribution in [0, 0.1) is 0 Å². The molecule has 24 heavy (non-hydrogen) atoms. The van der Waals surface area contributed by atoms with Gasteiger partial charge in [-0.3, -0.25) is 4.79 Å². The Morgan fingerprint density at radius 2 is 1.83 bits per heavy atom. The summed E-state index contributed by atoms with van der Waals surface area (Å²) in [6.07, 6.45) is 3.26. The number of nitrogens with zero attached hydrogens (tertiary/aromatic N) is 1. The van der Waals surface area contributed by atoms with Gasteiger partial charge in [0.15, 0.2) is 6.61 Å². The first-order valence-electron chi connectivity index (χ1n) is 9.13. The maximum atomic E-state index is 12.1. The second-order valence-corrected chi connectivity index (χ2v) is 7.75. The predicted molar refractivity (Wildman–Crippen MR) is 98.5 cm³/mol. The molecule has 1 aliphatic heterocycles. The van der Waals surface area contributed by atoms with Gasteiger partial charge in [0.05, 0.1) is 0 Å². The number of amides is 1. The normalized spacial score (nSPS) is 16.8. The number of carbonyl (C=O) groups excluding carboxylic acids is 1. The van der Waals surface area contributed by atoms with Gasteiger partial charge in [0.2, 0.25) is 0 Å². The SMILES string of the molecule is CCCN1CCC(NC(=O)COc2ccc(C(C)(C)C)cc2)CC1. The van der Waals surface area contributed by atoms with Gasteiger partial charge < -0.3 is 15.0 Å². The minimum Gasteiger partial charge on any atom is -0.484 e. The third-order valence-corrected chi connectivity index (χ3v) is 4.58. The van der Waals surface area contributed by atoms with Crippen LogP contribution in [0.1, 0.15) is 52.5 Å². The number of nitrogens with one attached hydrogen (secondary N) is 1. The lowest BCUT2D eigenvalue weighted by atomic mass is 9.87. The summed E-state index contributed by atoms with van der Waals surface area (Å²) in [4.78, 5) is 14.5. The molecule has 4 nitrogen and oxygen atoms in total. The van der Waals surface area contributed by atoms with Crippen molar-refractivity contribution in [1.29, 1.82) is 0 Å². The van der Waals surface area contributed by atoms with Gasteiger partial charge in [-0.1, -0.05) is 39.8 Å². The molecule has 0 aliphatic carbocycles. The number of benzene rings is 1. The fourth-order valence-corrected chi connectivity index (χ4v) is 3.09. The Balaban J connectivity index is 1.72. The standard InChI is InChI=1S/C20H32N2O2/c1-5-12-22-13-10-17(11-14-22)21-19(23)15-24-18-8-6-16(7-9-18)20(2,3)4/h6-9,17H,5,10-15H2,1-4H3,(H,21,23). The molecule has 4 heteroatoms. The van der Waals surface area contributed by atoms with Crippen LogP contribution in [0.3, 0.4) is 0 Å². The van der Waals surface area contributed by atoms with Crippen molar-refractivity contribution in [3.8, 4) is 5.75 Å². The lowest BCUT2D eigenvalue weighted by Gasteiger charge is -2.32. The third-order valence-electron chi connectivity index (χ3n) is 4.58. The van der Waals surface area contributed by atoms with E-state index in [-0.39, 0.29) is 24.0 Å². The number of rotatable bonds is 6. The Bertz CT molecular complexity index is 511. The van der Waals surface area contributed by atoms with Gasteiger partial charge >= 0.3 is 0 Å². The summed E-state index contributed by atoms with van der Waals surface area (Å²) in [5.74, 6) is 0.722. The lowest BCUT2D eigenvalue weighted by molar-refractivity contribution is -0.124. The van der Waals surface area contributed by atoms with Gasteiger partial charge in [-0.15, -0.1) is 0 Å². The van der Waals surface area contributed by atoms with E-state index < -0.39 is 0 Å². The predicted octanol–water partition coefficient (Wildman–Crippen LogP) is 3.35. The van der Waals surface area contributed by atoms with Gasteiger partial charge in [0.25, 0.3) is 5.91 Å². The first-order chi connectivity index (χ1) is 11.4. The molecular formula is C20H32N2O2. The van der Waals surface area contributed by atoms with E-state index in [1.807, 2.05) is 12.1 Å². The summed E-state index contributed by atoms with van der Waals surface area (Å²) in [6.45, 7) is 12.2. The van der Waals surface area contributed by atoms with Crippen molar-refractivity contribution in [1.82, 2.24) is 10.2 Å². The average molecular weight is 332 g/mol. The van der Waals surface area contributed by atoms with Crippen LogP contribution in [0.5, 0.6) is 5.75 Å². The molecule has 0 aromatic heterocycles. The van der Waals surface area contributed by atoms with Crippen molar-refractivity contribution in [3.63, 3.8) is 0 Å². The van der Waals surface area contributed by atoms with Crippen LogP contribution in [0.4, 0.5) is 0 Å². The van der Waals surface area contributed by atoms with Gasteiger partial charge in [0.1, 0.15) is 5.75 Å². The molecule has 134 valence electrons. The van der Waals surface area contributed by atoms with Crippen LogP contribution in [0.25, 0.3) is 0 Å². The summed E-state index contributed by atoms with van der Waals surface area (Å²) in [7, 11) is 0. The van der Waals surface area contributed by atoms with E-state index in [9.17, 15) is 4.79 Å². The van der Waals surface area contributed by atoms with Crippen molar-refractivity contribution in [3.05, 3.63) is 29.8 Å². The zero-order valence-corrected chi connectivity index (χ0v) is 15.6. The smallest absolute Gasteiger partial charge is 0.258 e. The molecule has 0 spiro atoms. The maximum absolute atomic E-state index is 12.1. The Labute approximate surface area is 146 Å². The van der Waals surface area contributed by atoms with Crippen LogP contribution in [-0.4, -0.2) is 43.1 Å². The van der Waals surface area contributed by atoms with Crippen LogP contribution in [-0.2, 0) is 10.2 Å². The Morgan fingerprint density at radius 1 is 1.21 bits per heavy atom. The van der Waals surface area contributed by atoms with Crippen LogP contribution in [0.2, 0.25) is 0 Å². The van der Waals surface area contributed by atoms with E-state index >= 15 is 0 Å². The van der Waals surface area contributed by atoms with Crippen molar-refractivity contribution in [2.75, 3.05) is 26.2 Å². The Kier molecular flexibility index (Phi) is 6.67. The number of piperidine rings is 1. The summed E-state index contributed by atoms with van der Waals surface area (Å²) >= 11 is 0. The molecule has 0 unspecified atom stereocenters. The summed E-state index contributed by atoms with van der Waals surface area (Å²) in [5, 5.41) is 3.10. The Hall–Kier alpha value is -1.55. The molecular weight excluding hydrogens is 300 g/mol. The van der Waals surface area contributed by atoms with Crippen LogP contribution < -0.4 is 10.1 Å². The van der Waals surface area contributed by atoms with Gasteiger partial charge in [0, 0.05) is 19.1 Å². The van der Waals surface area contributed by atoms with E-state index in [2.05, 4.69) is 50.0 Å². The summed E-state index contributed by atoms with van der Waals surface area (Å²) < 4.78 is 5.61. The first kappa shape index (κ1) is 18.8. The van der Waals surface area contributed by atoms with Crippen molar-refractivity contribution in [2.45, 2.75) is 58.4 Å². The van der Waals surface area contributed by atoms with E-state index in [0.29, 0.717) is 0 Å². The van der Waals surface area contributed by atoms with E-state index in [0.717, 1.165) is 38.2 Å². The molecule has 2 rings (SSSR count). The lowest BCUT2D eigenvalue weighted by Crippen LogP contribution is -2.46. The fourth-order valence-electron chi connectivity index (χ4n) is 3.09. The first-order valence-corrected chi connectivity index (χ1v) is 9.13. The van der Waals surface area contributed by atoms with Crippen LogP contribution in [0.15, 0.2) is 24.3 Å². The minimum absolute atomic E-state index is 0.0242. The van der Waals surface area contributed by atoms with Crippen LogP contribution >= 0.6 is 0 Å². The molecule has 1 aromatic rings. The van der Waals surface area contributed by atoms with E-state index in [1.54, 1.807) is 0 Å². The highest BCUT2D eigenvalue weighted by atomic mass is 16.5. The second-order valence-electron chi connectivity index (χ2n) is 7.75. The zero-order valence-electron chi connectivity index (χ0n) is 15.6. The fraction of sp³-hybridized carbons (Fsp3) is 0.650. The number of carbonyl (C=O) groups is 1. The van der Waals surface area contributed by atoms with Crippen molar-refractivity contribution in [2.24, 2.45) is 0 Å². The average Bonchev–Trinajstić information content (AvgIpc) is 2.55. The van der Waals surface area contributed by atoms with Gasteiger partial charge in [-0.2, -0.15) is 0 Å². The number of hydrogen-bond donors (Lipinski definition) is 1. The quantitative estimate of drug-likeness (QED) is 0.868. The monoisotopic (exact) mass is 332 g/mol. The molecule has 1 heterocycles. The van der Waals surface area contributed by atoms with Crippen molar-refractivity contribution >= 4 is 5.91 Å². The largest absolute Gasteiger partial charge is 0.484 e. The molecule has 1 N–H and O–H groups in total. The summed E-state index contributed by atoms with van der Waals surface area (Å²) in [5.41, 5.74) is 1.39. The third kappa shape index (κ3) is 5.82. The molecule has 1 saturated heterocycles. The van der Waals surface area contributed by atoms with Gasteiger partial charge in [-0.05, 0) is 48.9 Å². The number of likely N-dealkylation sites (tertiary alicyclic amines) is 1. The minimum atomic E-state index is -0.0242. The molecule has 1 fully saturated rings. The molecule has 0 saturated carbocycles. The highest BCUT2D eigenvalue weighted by molar-refractivity contribution is 5.77. The molecule has 1 aliphatic rings.